The molecule has 0 aromatic carbocycles. The molecule has 3 heterocycles. The number of nitrogen functional groups attached to an aromatic ring is 1. The zero-order valence-corrected chi connectivity index (χ0v) is 9.72. The molecule has 7 nitrogen and oxygen atoms in total. The molecule has 0 bridgehead atoms. The van der Waals surface area contributed by atoms with Crippen LogP contribution in [0.2, 0.25) is 0 Å². The minimum absolute atomic E-state index is 0.484. The Balaban J connectivity index is 2.10. The number of hydrogen-bond acceptors (Lipinski definition) is 5. The molecule has 0 atom stereocenters. The Morgan fingerprint density at radius 3 is 2.61 bits per heavy atom. The number of aromatic nitrogens is 6. The predicted molar refractivity (Wildman–Crippen MR) is 65.8 cm³/mol. The summed E-state index contributed by atoms with van der Waals surface area (Å²) in [6, 6.07) is 3.60. The summed E-state index contributed by atoms with van der Waals surface area (Å²) in [7, 11) is 1.84. The van der Waals surface area contributed by atoms with Gasteiger partial charge in [-0.15, -0.1) is 0 Å². The van der Waals surface area contributed by atoms with E-state index in [2.05, 4.69) is 20.2 Å². The number of rotatable bonds is 2. The maximum absolute atomic E-state index is 5.96. The van der Waals surface area contributed by atoms with Gasteiger partial charge in [-0.2, -0.15) is 10.2 Å². The monoisotopic (exact) mass is 241 g/mol. The molecule has 18 heavy (non-hydrogen) atoms. The molecule has 3 rings (SSSR count). The number of aryl methyl sites for hydroxylation is 1. The second-order valence-electron chi connectivity index (χ2n) is 3.77. The minimum atomic E-state index is 0.484. The molecule has 0 saturated carbocycles. The number of anilines is 1. The standard InChI is InChI=1S/C11H11N7/c1-17-9(3-6-15-17)10-8(12)7-18(16-10)11-13-4-2-5-14-11/h2-7H,12H2,1H3. The normalized spacial score (nSPS) is 10.7. The molecule has 0 amide bonds. The number of nitrogens with two attached hydrogens (primary N) is 1. The van der Waals surface area contributed by atoms with Crippen molar-refractivity contribution >= 4 is 5.69 Å². The topological polar surface area (TPSA) is 87.4 Å². The van der Waals surface area contributed by atoms with Crippen LogP contribution < -0.4 is 5.73 Å². The van der Waals surface area contributed by atoms with Gasteiger partial charge in [0.15, 0.2) is 0 Å². The van der Waals surface area contributed by atoms with Crippen molar-refractivity contribution in [2.45, 2.75) is 0 Å². The van der Waals surface area contributed by atoms with E-state index in [9.17, 15) is 0 Å². The molecule has 3 aromatic rings. The first kappa shape index (κ1) is 10.5. The van der Waals surface area contributed by atoms with Crippen LogP contribution in [0.4, 0.5) is 5.69 Å². The lowest BCUT2D eigenvalue weighted by atomic mass is 10.3. The van der Waals surface area contributed by atoms with Crippen LogP contribution in [0.1, 0.15) is 0 Å². The van der Waals surface area contributed by atoms with E-state index in [0.29, 0.717) is 17.3 Å². The van der Waals surface area contributed by atoms with Gasteiger partial charge in [0.25, 0.3) is 5.95 Å². The molecule has 0 aliphatic rings. The Bertz CT molecular complexity index is 668. The molecule has 7 heteroatoms. The van der Waals surface area contributed by atoms with E-state index >= 15 is 0 Å². The molecular formula is C11H11N7. The summed E-state index contributed by atoms with van der Waals surface area (Å²) in [5, 5.41) is 8.49. The molecule has 0 aliphatic carbocycles. The van der Waals surface area contributed by atoms with E-state index in [4.69, 9.17) is 5.73 Å². The van der Waals surface area contributed by atoms with E-state index in [0.717, 1.165) is 5.69 Å². The van der Waals surface area contributed by atoms with Crippen molar-refractivity contribution in [2.75, 3.05) is 5.73 Å². The van der Waals surface area contributed by atoms with Crippen molar-refractivity contribution in [3.63, 3.8) is 0 Å². The van der Waals surface area contributed by atoms with Gasteiger partial charge >= 0.3 is 0 Å². The highest BCUT2D eigenvalue weighted by atomic mass is 15.4. The predicted octanol–water partition coefficient (Wildman–Crippen LogP) is 0.645. The molecule has 0 spiro atoms. The summed E-state index contributed by atoms with van der Waals surface area (Å²) in [5.74, 6) is 0.484. The first-order chi connectivity index (χ1) is 8.75. The summed E-state index contributed by atoms with van der Waals surface area (Å²) in [6.07, 6.45) is 6.71. The molecule has 0 aliphatic heterocycles. The van der Waals surface area contributed by atoms with Crippen molar-refractivity contribution in [3.8, 4) is 17.3 Å². The fourth-order valence-electron chi connectivity index (χ4n) is 1.70. The van der Waals surface area contributed by atoms with Crippen LogP contribution in [0.25, 0.3) is 17.3 Å². The van der Waals surface area contributed by atoms with E-state index in [1.807, 2.05) is 13.1 Å². The number of nitrogens with zero attached hydrogens (tertiary/aromatic N) is 6. The second kappa shape index (κ2) is 3.95. The van der Waals surface area contributed by atoms with Gasteiger partial charge in [-0.3, -0.25) is 4.68 Å². The van der Waals surface area contributed by atoms with Crippen LogP contribution in [-0.4, -0.2) is 29.5 Å². The first-order valence-electron chi connectivity index (χ1n) is 5.36. The summed E-state index contributed by atoms with van der Waals surface area (Å²) in [6.45, 7) is 0. The van der Waals surface area contributed by atoms with Gasteiger partial charge in [0.2, 0.25) is 0 Å². The number of hydrogen-bond donors (Lipinski definition) is 1. The van der Waals surface area contributed by atoms with Gasteiger partial charge < -0.3 is 5.73 Å². The van der Waals surface area contributed by atoms with Gasteiger partial charge in [0.05, 0.1) is 17.6 Å². The zero-order chi connectivity index (χ0) is 12.5. The Morgan fingerprint density at radius 1 is 1.17 bits per heavy atom. The first-order valence-corrected chi connectivity index (χ1v) is 5.36. The van der Waals surface area contributed by atoms with Crippen LogP contribution in [0.5, 0.6) is 0 Å². The molecular weight excluding hydrogens is 230 g/mol. The SMILES string of the molecule is Cn1nccc1-c1nn(-c2ncccn2)cc1N. The summed E-state index contributed by atoms with van der Waals surface area (Å²) in [5.41, 5.74) is 8.04. The van der Waals surface area contributed by atoms with Crippen molar-refractivity contribution in [1.29, 1.82) is 0 Å². The lowest BCUT2D eigenvalue weighted by molar-refractivity contribution is 0.764. The Morgan fingerprint density at radius 2 is 1.94 bits per heavy atom. The van der Waals surface area contributed by atoms with Crippen molar-refractivity contribution in [2.24, 2.45) is 7.05 Å². The largest absolute Gasteiger partial charge is 0.396 e. The highest BCUT2D eigenvalue weighted by molar-refractivity contribution is 5.69. The van der Waals surface area contributed by atoms with E-state index in [1.165, 1.54) is 0 Å². The van der Waals surface area contributed by atoms with Crippen molar-refractivity contribution in [1.82, 2.24) is 29.5 Å². The molecule has 3 aromatic heterocycles. The van der Waals surface area contributed by atoms with Gasteiger partial charge in [-0.25, -0.2) is 14.6 Å². The lowest BCUT2D eigenvalue weighted by Gasteiger charge is -1.98. The third kappa shape index (κ3) is 1.61. The average Bonchev–Trinajstić information content (AvgIpc) is 2.96. The zero-order valence-electron chi connectivity index (χ0n) is 9.72. The van der Waals surface area contributed by atoms with Crippen LogP contribution in [0.15, 0.2) is 36.9 Å². The van der Waals surface area contributed by atoms with Crippen molar-refractivity contribution in [3.05, 3.63) is 36.9 Å². The van der Waals surface area contributed by atoms with Crippen molar-refractivity contribution < 1.29 is 0 Å². The van der Waals surface area contributed by atoms with Gasteiger partial charge in [-0.05, 0) is 12.1 Å². The highest BCUT2D eigenvalue weighted by Gasteiger charge is 2.13. The van der Waals surface area contributed by atoms with E-state index in [1.54, 1.807) is 40.2 Å². The van der Waals surface area contributed by atoms with Gasteiger partial charge in [-0.1, -0.05) is 0 Å². The molecule has 0 fully saturated rings. The summed E-state index contributed by atoms with van der Waals surface area (Å²) >= 11 is 0. The summed E-state index contributed by atoms with van der Waals surface area (Å²) in [4.78, 5) is 8.24. The molecule has 0 radical (unpaired) electrons. The fourth-order valence-corrected chi connectivity index (χ4v) is 1.70. The maximum atomic E-state index is 5.96. The lowest BCUT2D eigenvalue weighted by Crippen LogP contribution is -2.01. The average molecular weight is 241 g/mol. The third-order valence-electron chi connectivity index (χ3n) is 2.56. The minimum Gasteiger partial charge on any atom is -0.396 e. The Hall–Kier alpha value is -2.70. The van der Waals surface area contributed by atoms with Crippen LogP contribution in [0.3, 0.4) is 0 Å². The van der Waals surface area contributed by atoms with Gasteiger partial charge in [0.1, 0.15) is 5.69 Å². The molecule has 0 saturated heterocycles. The second-order valence-corrected chi connectivity index (χ2v) is 3.77. The van der Waals surface area contributed by atoms with Crippen LogP contribution >= 0.6 is 0 Å². The summed E-state index contributed by atoms with van der Waals surface area (Å²) < 4.78 is 3.27. The molecule has 0 unspecified atom stereocenters. The third-order valence-corrected chi connectivity index (χ3v) is 2.56. The van der Waals surface area contributed by atoms with Crippen LogP contribution in [-0.2, 0) is 7.05 Å². The Labute approximate surface area is 103 Å². The van der Waals surface area contributed by atoms with E-state index in [-0.39, 0.29) is 0 Å². The quantitative estimate of drug-likeness (QED) is 0.711. The van der Waals surface area contributed by atoms with E-state index < -0.39 is 0 Å². The van der Waals surface area contributed by atoms with Crippen LogP contribution in [0, 0.1) is 0 Å². The molecule has 2 N–H and O–H groups in total. The Kier molecular flexibility index (Phi) is 2.30. The fraction of sp³-hybridized carbons (Fsp3) is 0.0909. The maximum Gasteiger partial charge on any atom is 0.250 e. The smallest absolute Gasteiger partial charge is 0.250 e. The highest BCUT2D eigenvalue weighted by Crippen LogP contribution is 2.23. The molecule has 90 valence electrons. The van der Waals surface area contributed by atoms with Gasteiger partial charge in [0, 0.05) is 25.6 Å².